The van der Waals surface area contributed by atoms with E-state index in [9.17, 15) is 4.39 Å². The predicted octanol–water partition coefficient (Wildman–Crippen LogP) is 5.07. The minimum atomic E-state index is -0.217. The lowest BCUT2D eigenvalue weighted by Gasteiger charge is -2.18. The van der Waals surface area contributed by atoms with Crippen LogP contribution in [0.5, 0.6) is 5.75 Å². The lowest BCUT2D eigenvalue weighted by Crippen LogP contribution is -2.15. The van der Waals surface area contributed by atoms with Gasteiger partial charge in [0, 0.05) is 5.92 Å². The van der Waals surface area contributed by atoms with Crippen molar-refractivity contribution in [1.29, 1.82) is 0 Å². The number of halogens is 1. The highest BCUT2D eigenvalue weighted by Crippen LogP contribution is 2.26. The van der Waals surface area contributed by atoms with Gasteiger partial charge in [-0.2, -0.15) is 0 Å². The molecule has 0 fully saturated rings. The first-order valence-corrected chi connectivity index (χ1v) is 8.90. The first kappa shape index (κ1) is 18.5. The van der Waals surface area contributed by atoms with Crippen molar-refractivity contribution < 1.29 is 9.13 Å². The zero-order valence-corrected chi connectivity index (χ0v) is 14.5. The van der Waals surface area contributed by atoms with Crippen LogP contribution in [0.1, 0.15) is 49.7 Å². The van der Waals surface area contributed by atoms with Crippen molar-refractivity contribution in [1.82, 2.24) is 0 Å². The van der Waals surface area contributed by atoms with Crippen LogP contribution in [-0.2, 0) is 6.42 Å². The third-order valence-electron chi connectivity index (χ3n) is 4.32. The van der Waals surface area contributed by atoms with E-state index in [4.69, 9.17) is 10.5 Å². The standard InChI is InChI=1S/C21H28FNO/c1-2-3-4-7-14-24-21-9-6-5-8-18(21)15-19(16-23)17-10-12-20(22)13-11-17/h5-6,8-13,19H,2-4,7,14-16,23H2,1H3. The fraction of sp³-hybridized carbons (Fsp3) is 0.429. The number of hydrogen-bond donors (Lipinski definition) is 1. The highest BCUT2D eigenvalue weighted by atomic mass is 19.1. The third-order valence-corrected chi connectivity index (χ3v) is 4.32. The highest BCUT2D eigenvalue weighted by Gasteiger charge is 2.13. The van der Waals surface area contributed by atoms with Crippen LogP contribution in [-0.4, -0.2) is 13.2 Å². The molecule has 0 radical (unpaired) electrons. The minimum absolute atomic E-state index is 0.162. The maximum Gasteiger partial charge on any atom is 0.123 e. The zero-order valence-electron chi connectivity index (χ0n) is 14.5. The molecule has 0 heterocycles. The molecule has 0 aliphatic rings. The van der Waals surface area contributed by atoms with Gasteiger partial charge in [0.25, 0.3) is 0 Å². The highest BCUT2D eigenvalue weighted by molar-refractivity contribution is 5.35. The second-order valence-electron chi connectivity index (χ2n) is 6.21. The van der Waals surface area contributed by atoms with Crippen molar-refractivity contribution in [3.05, 3.63) is 65.5 Å². The van der Waals surface area contributed by atoms with Crippen LogP contribution in [0.25, 0.3) is 0 Å². The van der Waals surface area contributed by atoms with E-state index in [1.165, 1.54) is 31.4 Å². The molecule has 0 amide bonds. The van der Waals surface area contributed by atoms with Crippen molar-refractivity contribution in [2.75, 3.05) is 13.2 Å². The van der Waals surface area contributed by atoms with Crippen LogP contribution in [0.2, 0.25) is 0 Å². The number of hydrogen-bond acceptors (Lipinski definition) is 2. The Hall–Kier alpha value is -1.87. The van der Waals surface area contributed by atoms with Crippen LogP contribution in [0.15, 0.2) is 48.5 Å². The summed E-state index contributed by atoms with van der Waals surface area (Å²) < 4.78 is 19.1. The summed E-state index contributed by atoms with van der Waals surface area (Å²) in [6.45, 7) is 3.48. The summed E-state index contributed by atoms with van der Waals surface area (Å²) in [6, 6.07) is 14.8. The zero-order chi connectivity index (χ0) is 17.2. The molecule has 1 atom stereocenters. The summed E-state index contributed by atoms with van der Waals surface area (Å²) in [4.78, 5) is 0. The van der Waals surface area contributed by atoms with Gasteiger partial charge in [-0.3, -0.25) is 0 Å². The quantitative estimate of drug-likeness (QED) is 0.618. The third kappa shape index (κ3) is 5.64. The van der Waals surface area contributed by atoms with E-state index in [1.54, 1.807) is 0 Å². The number of ether oxygens (including phenoxy) is 1. The average Bonchev–Trinajstić information content (AvgIpc) is 2.61. The number of rotatable bonds is 10. The largest absolute Gasteiger partial charge is 0.493 e. The molecule has 0 aliphatic heterocycles. The molecule has 0 aliphatic carbocycles. The molecule has 0 saturated carbocycles. The van der Waals surface area contributed by atoms with Crippen LogP contribution >= 0.6 is 0 Å². The SMILES string of the molecule is CCCCCCOc1ccccc1CC(CN)c1ccc(F)cc1. The molecular formula is C21H28FNO. The Balaban J connectivity index is 2.01. The van der Waals surface area contributed by atoms with Gasteiger partial charge in [0.1, 0.15) is 11.6 Å². The molecule has 2 nitrogen and oxygen atoms in total. The molecule has 0 bridgehead atoms. The Kier molecular flexibility index (Phi) is 7.76. The maximum absolute atomic E-state index is 13.1. The van der Waals surface area contributed by atoms with Gasteiger partial charge in [-0.25, -0.2) is 4.39 Å². The molecule has 2 aromatic rings. The normalized spacial score (nSPS) is 12.1. The van der Waals surface area contributed by atoms with Crippen molar-refractivity contribution in [3.8, 4) is 5.75 Å². The lowest BCUT2D eigenvalue weighted by atomic mass is 9.91. The Morgan fingerprint density at radius 3 is 2.46 bits per heavy atom. The summed E-state index contributed by atoms with van der Waals surface area (Å²) in [5, 5.41) is 0. The molecule has 24 heavy (non-hydrogen) atoms. The van der Waals surface area contributed by atoms with Crippen molar-refractivity contribution >= 4 is 0 Å². The van der Waals surface area contributed by atoms with E-state index in [2.05, 4.69) is 13.0 Å². The lowest BCUT2D eigenvalue weighted by molar-refractivity contribution is 0.301. The Labute approximate surface area is 144 Å². The molecule has 2 rings (SSSR count). The van der Waals surface area contributed by atoms with Crippen molar-refractivity contribution in [2.45, 2.75) is 44.9 Å². The van der Waals surface area contributed by atoms with Crippen molar-refractivity contribution in [3.63, 3.8) is 0 Å². The van der Waals surface area contributed by atoms with Gasteiger partial charge in [0.05, 0.1) is 6.61 Å². The molecule has 3 heteroatoms. The van der Waals surface area contributed by atoms with Gasteiger partial charge in [-0.1, -0.05) is 56.5 Å². The first-order valence-electron chi connectivity index (χ1n) is 8.90. The fourth-order valence-electron chi connectivity index (χ4n) is 2.86. The molecular weight excluding hydrogens is 301 g/mol. The van der Waals surface area contributed by atoms with Crippen LogP contribution in [0.4, 0.5) is 4.39 Å². The molecule has 0 aromatic heterocycles. The van der Waals surface area contributed by atoms with E-state index >= 15 is 0 Å². The van der Waals surface area contributed by atoms with Gasteiger partial charge < -0.3 is 10.5 Å². The monoisotopic (exact) mass is 329 g/mol. The molecule has 1 unspecified atom stereocenters. The van der Waals surface area contributed by atoms with E-state index < -0.39 is 0 Å². The van der Waals surface area contributed by atoms with E-state index in [1.807, 2.05) is 30.3 Å². The van der Waals surface area contributed by atoms with E-state index in [0.29, 0.717) is 6.54 Å². The van der Waals surface area contributed by atoms with Crippen LogP contribution in [0.3, 0.4) is 0 Å². The number of nitrogens with two attached hydrogens (primary N) is 1. The Morgan fingerprint density at radius 2 is 1.75 bits per heavy atom. The fourth-order valence-corrected chi connectivity index (χ4v) is 2.86. The minimum Gasteiger partial charge on any atom is -0.493 e. The van der Waals surface area contributed by atoms with Gasteiger partial charge in [0.2, 0.25) is 0 Å². The molecule has 2 aromatic carbocycles. The number of para-hydroxylation sites is 1. The summed E-state index contributed by atoms with van der Waals surface area (Å²) in [5.74, 6) is 0.885. The summed E-state index contributed by atoms with van der Waals surface area (Å²) in [6.07, 6.45) is 5.57. The Bertz CT molecular complexity index is 597. The molecule has 0 saturated heterocycles. The van der Waals surface area contributed by atoms with E-state index in [-0.39, 0.29) is 11.7 Å². The van der Waals surface area contributed by atoms with E-state index in [0.717, 1.165) is 36.3 Å². The Morgan fingerprint density at radius 1 is 1.00 bits per heavy atom. The van der Waals surface area contributed by atoms with Gasteiger partial charge in [-0.15, -0.1) is 0 Å². The molecule has 2 N–H and O–H groups in total. The summed E-state index contributed by atoms with van der Waals surface area (Å²) in [7, 11) is 0. The maximum atomic E-state index is 13.1. The number of benzene rings is 2. The molecule has 130 valence electrons. The second kappa shape index (κ2) is 10.1. The topological polar surface area (TPSA) is 35.2 Å². The smallest absolute Gasteiger partial charge is 0.123 e. The van der Waals surface area contributed by atoms with Crippen LogP contribution in [0, 0.1) is 5.82 Å². The summed E-state index contributed by atoms with van der Waals surface area (Å²) in [5.41, 5.74) is 8.19. The first-order chi connectivity index (χ1) is 11.7. The van der Waals surface area contributed by atoms with Crippen LogP contribution < -0.4 is 10.5 Å². The second-order valence-corrected chi connectivity index (χ2v) is 6.21. The van der Waals surface area contributed by atoms with Crippen molar-refractivity contribution in [2.24, 2.45) is 5.73 Å². The predicted molar refractivity (Wildman–Crippen MR) is 98.0 cm³/mol. The summed E-state index contributed by atoms with van der Waals surface area (Å²) >= 11 is 0. The number of unbranched alkanes of at least 4 members (excludes halogenated alkanes) is 3. The van der Waals surface area contributed by atoms with Gasteiger partial charge in [0.15, 0.2) is 0 Å². The average molecular weight is 329 g/mol. The van der Waals surface area contributed by atoms with Gasteiger partial charge >= 0.3 is 0 Å². The molecule has 0 spiro atoms. The van der Waals surface area contributed by atoms with Gasteiger partial charge in [-0.05, 0) is 48.7 Å².